The first-order valence-corrected chi connectivity index (χ1v) is 11.8. The molecule has 1 saturated carbocycles. The molecule has 166 valence electrons. The first-order valence-electron chi connectivity index (χ1n) is 11.8. The molecule has 1 saturated heterocycles. The molecule has 4 nitrogen and oxygen atoms in total. The van der Waals surface area contributed by atoms with Crippen molar-refractivity contribution < 1.29 is 4.74 Å². The van der Waals surface area contributed by atoms with Crippen LogP contribution in [-0.4, -0.2) is 43.2 Å². The Kier molecular flexibility index (Phi) is 6.54. The molecular weight excluding hydrogens is 394 g/mol. The SMILES string of the molecule is NC1CCN(CCNC2CC2c2ccc(OCc3ccccc3)c(-c3ccccc3)c2)C1. The van der Waals surface area contributed by atoms with Crippen LogP contribution in [0.4, 0.5) is 0 Å². The molecule has 3 unspecified atom stereocenters. The molecule has 1 aliphatic heterocycles. The summed E-state index contributed by atoms with van der Waals surface area (Å²) < 4.78 is 6.26. The average molecular weight is 428 g/mol. The van der Waals surface area contributed by atoms with Gasteiger partial charge >= 0.3 is 0 Å². The lowest BCUT2D eigenvalue weighted by molar-refractivity contribution is 0.307. The van der Waals surface area contributed by atoms with Gasteiger partial charge in [0.25, 0.3) is 0 Å². The molecule has 0 amide bonds. The van der Waals surface area contributed by atoms with Crippen molar-refractivity contribution >= 4 is 0 Å². The van der Waals surface area contributed by atoms with Crippen LogP contribution in [-0.2, 0) is 6.61 Å². The van der Waals surface area contributed by atoms with Crippen molar-refractivity contribution in [2.75, 3.05) is 26.2 Å². The Balaban J connectivity index is 1.25. The molecule has 3 aromatic rings. The van der Waals surface area contributed by atoms with Gasteiger partial charge in [-0.05, 0) is 48.2 Å². The van der Waals surface area contributed by atoms with Crippen LogP contribution in [0.25, 0.3) is 11.1 Å². The summed E-state index contributed by atoms with van der Waals surface area (Å²) >= 11 is 0. The summed E-state index contributed by atoms with van der Waals surface area (Å²) in [5.74, 6) is 1.53. The quantitative estimate of drug-likeness (QED) is 0.531. The summed E-state index contributed by atoms with van der Waals surface area (Å²) in [6.07, 6.45) is 2.34. The Morgan fingerprint density at radius 3 is 2.50 bits per heavy atom. The lowest BCUT2D eigenvalue weighted by atomic mass is 9.99. The molecule has 0 radical (unpaired) electrons. The van der Waals surface area contributed by atoms with Crippen LogP contribution in [0.15, 0.2) is 78.9 Å². The summed E-state index contributed by atoms with van der Waals surface area (Å²) in [6.45, 7) is 4.90. The van der Waals surface area contributed by atoms with Gasteiger partial charge in [0.05, 0.1) is 0 Å². The number of rotatable bonds is 9. The van der Waals surface area contributed by atoms with E-state index in [9.17, 15) is 0 Å². The van der Waals surface area contributed by atoms with Gasteiger partial charge in [0, 0.05) is 43.2 Å². The van der Waals surface area contributed by atoms with E-state index in [1.54, 1.807) is 0 Å². The number of benzene rings is 3. The largest absolute Gasteiger partial charge is 0.488 e. The van der Waals surface area contributed by atoms with Gasteiger partial charge in [-0.1, -0.05) is 66.7 Å². The van der Waals surface area contributed by atoms with E-state index in [1.807, 2.05) is 6.07 Å². The van der Waals surface area contributed by atoms with Gasteiger partial charge in [0.2, 0.25) is 0 Å². The topological polar surface area (TPSA) is 50.5 Å². The third-order valence-electron chi connectivity index (χ3n) is 6.69. The molecule has 3 N–H and O–H groups in total. The van der Waals surface area contributed by atoms with E-state index < -0.39 is 0 Å². The van der Waals surface area contributed by atoms with Crippen LogP contribution >= 0.6 is 0 Å². The molecule has 0 spiro atoms. The second-order valence-electron chi connectivity index (χ2n) is 9.15. The van der Waals surface area contributed by atoms with Crippen molar-refractivity contribution in [1.29, 1.82) is 0 Å². The minimum absolute atomic E-state index is 0.364. The first kappa shape index (κ1) is 21.2. The van der Waals surface area contributed by atoms with Crippen molar-refractivity contribution in [2.45, 2.75) is 37.5 Å². The number of likely N-dealkylation sites (tertiary alicyclic amines) is 1. The number of nitrogens with two attached hydrogens (primary N) is 1. The molecule has 2 aliphatic rings. The van der Waals surface area contributed by atoms with Gasteiger partial charge in [-0.3, -0.25) is 0 Å². The monoisotopic (exact) mass is 427 g/mol. The summed E-state index contributed by atoms with van der Waals surface area (Å²) in [4.78, 5) is 2.47. The highest BCUT2D eigenvalue weighted by Gasteiger charge is 2.38. The number of ether oxygens (including phenoxy) is 1. The molecule has 4 heteroatoms. The Morgan fingerprint density at radius 2 is 1.75 bits per heavy atom. The summed E-state index contributed by atoms with van der Waals surface area (Å²) in [5, 5.41) is 3.75. The van der Waals surface area contributed by atoms with E-state index in [4.69, 9.17) is 10.5 Å². The Hall–Kier alpha value is -2.66. The van der Waals surface area contributed by atoms with Crippen molar-refractivity contribution in [3.63, 3.8) is 0 Å². The third kappa shape index (κ3) is 5.21. The predicted molar refractivity (Wildman–Crippen MR) is 131 cm³/mol. The minimum Gasteiger partial charge on any atom is -0.488 e. The second kappa shape index (κ2) is 9.86. The molecule has 5 rings (SSSR count). The molecule has 1 heterocycles. The summed E-state index contributed by atoms with van der Waals surface area (Å²) in [7, 11) is 0. The lowest BCUT2D eigenvalue weighted by Gasteiger charge is -2.16. The number of hydrogen-bond acceptors (Lipinski definition) is 4. The van der Waals surface area contributed by atoms with E-state index in [1.165, 1.54) is 28.7 Å². The van der Waals surface area contributed by atoms with Gasteiger partial charge in [0.1, 0.15) is 12.4 Å². The van der Waals surface area contributed by atoms with Crippen molar-refractivity contribution in [3.8, 4) is 16.9 Å². The lowest BCUT2D eigenvalue weighted by Crippen LogP contribution is -2.33. The Labute approximate surface area is 191 Å². The van der Waals surface area contributed by atoms with Crippen LogP contribution in [0.5, 0.6) is 5.75 Å². The van der Waals surface area contributed by atoms with E-state index in [0.717, 1.165) is 38.3 Å². The average Bonchev–Trinajstić information content (AvgIpc) is 3.50. The van der Waals surface area contributed by atoms with Crippen LogP contribution in [0.2, 0.25) is 0 Å². The fourth-order valence-electron chi connectivity index (χ4n) is 4.75. The fraction of sp³-hybridized carbons (Fsp3) is 0.357. The maximum Gasteiger partial charge on any atom is 0.127 e. The maximum absolute atomic E-state index is 6.26. The zero-order chi connectivity index (χ0) is 21.8. The van der Waals surface area contributed by atoms with E-state index in [0.29, 0.717) is 24.6 Å². The van der Waals surface area contributed by atoms with Gasteiger partial charge in [-0.2, -0.15) is 0 Å². The van der Waals surface area contributed by atoms with E-state index in [-0.39, 0.29) is 0 Å². The van der Waals surface area contributed by atoms with Gasteiger partial charge in [-0.15, -0.1) is 0 Å². The second-order valence-corrected chi connectivity index (χ2v) is 9.15. The molecule has 1 aliphatic carbocycles. The molecule has 0 aromatic heterocycles. The zero-order valence-corrected chi connectivity index (χ0v) is 18.6. The molecule has 3 aromatic carbocycles. The van der Waals surface area contributed by atoms with Gasteiger partial charge in [0.15, 0.2) is 0 Å². The van der Waals surface area contributed by atoms with Crippen molar-refractivity contribution in [1.82, 2.24) is 10.2 Å². The van der Waals surface area contributed by atoms with Gasteiger partial charge < -0.3 is 20.7 Å². The normalized spacial score (nSPS) is 22.7. The molecule has 32 heavy (non-hydrogen) atoms. The highest BCUT2D eigenvalue weighted by Crippen LogP contribution is 2.43. The summed E-state index contributed by atoms with van der Waals surface area (Å²) in [6, 6.07) is 28.6. The van der Waals surface area contributed by atoms with Crippen LogP contribution < -0.4 is 15.8 Å². The summed E-state index contributed by atoms with van der Waals surface area (Å²) in [5.41, 5.74) is 11.0. The Morgan fingerprint density at radius 1 is 0.969 bits per heavy atom. The Bertz CT molecular complexity index is 1010. The molecule has 3 atom stereocenters. The molecular formula is C28H33N3O. The highest BCUT2D eigenvalue weighted by atomic mass is 16.5. The number of nitrogens with zero attached hydrogens (tertiary/aromatic N) is 1. The standard InChI is InChI=1S/C28H33N3O/c29-24-13-15-31(19-24)16-14-30-27-18-25(27)23-11-12-28(32-20-21-7-3-1-4-8-21)26(17-23)22-9-5-2-6-10-22/h1-12,17,24-25,27,30H,13-16,18-20,29H2. The first-order chi connectivity index (χ1) is 15.8. The maximum atomic E-state index is 6.26. The van der Waals surface area contributed by atoms with E-state index >= 15 is 0 Å². The highest BCUT2D eigenvalue weighted by molar-refractivity contribution is 5.71. The van der Waals surface area contributed by atoms with Crippen LogP contribution in [0, 0.1) is 0 Å². The third-order valence-corrected chi connectivity index (χ3v) is 6.69. The fourth-order valence-corrected chi connectivity index (χ4v) is 4.75. The van der Waals surface area contributed by atoms with E-state index in [2.05, 4.69) is 83.0 Å². The van der Waals surface area contributed by atoms with Gasteiger partial charge in [-0.25, -0.2) is 0 Å². The molecule has 2 fully saturated rings. The smallest absolute Gasteiger partial charge is 0.127 e. The minimum atomic E-state index is 0.364. The van der Waals surface area contributed by atoms with Crippen molar-refractivity contribution in [2.24, 2.45) is 5.73 Å². The predicted octanol–water partition coefficient (Wildman–Crippen LogP) is 4.41. The van der Waals surface area contributed by atoms with Crippen LogP contribution in [0.1, 0.15) is 29.9 Å². The number of nitrogens with one attached hydrogen (secondary N) is 1. The zero-order valence-electron chi connectivity index (χ0n) is 18.6. The molecule has 0 bridgehead atoms. The van der Waals surface area contributed by atoms with Crippen LogP contribution in [0.3, 0.4) is 0 Å². The van der Waals surface area contributed by atoms with Crippen molar-refractivity contribution in [3.05, 3.63) is 90.0 Å². The number of hydrogen-bond donors (Lipinski definition) is 2.